The Morgan fingerprint density at radius 1 is 1.17 bits per heavy atom. The highest BCUT2D eigenvalue weighted by atomic mass is 35.5. The molecule has 1 saturated heterocycles. The summed E-state index contributed by atoms with van der Waals surface area (Å²) in [6.07, 6.45) is 2.85. The van der Waals surface area contributed by atoms with Crippen molar-refractivity contribution in [2.75, 3.05) is 13.1 Å². The minimum Gasteiger partial charge on any atom is -0.369 e. The van der Waals surface area contributed by atoms with Crippen LogP contribution in [0.25, 0.3) is 10.8 Å². The molecule has 3 aromatic rings. The Labute approximate surface area is 178 Å². The highest BCUT2D eigenvalue weighted by Crippen LogP contribution is 2.26. The van der Waals surface area contributed by atoms with Crippen molar-refractivity contribution in [2.45, 2.75) is 37.4 Å². The molecular weight excluding hydrogens is 434 g/mol. The van der Waals surface area contributed by atoms with Crippen molar-refractivity contribution < 1.29 is 17.7 Å². The van der Waals surface area contributed by atoms with Crippen LogP contribution in [-0.2, 0) is 28.0 Å². The third-order valence-electron chi connectivity index (χ3n) is 4.66. The second-order valence-corrected chi connectivity index (χ2v) is 10.00. The lowest BCUT2D eigenvalue weighted by Gasteiger charge is -2.26. The molecule has 0 spiro atoms. The lowest BCUT2D eigenvalue weighted by molar-refractivity contribution is 0.0999. The minimum atomic E-state index is -3.52. The molecule has 0 bridgehead atoms. The Balaban J connectivity index is 1.42. The third-order valence-corrected chi connectivity index (χ3v) is 7.78. The minimum absolute atomic E-state index is 0.133. The summed E-state index contributed by atoms with van der Waals surface area (Å²) in [4.78, 5) is 5.43. The molecule has 2 aromatic heterocycles. The van der Waals surface area contributed by atoms with Crippen LogP contribution in [0.1, 0.15) is 30.7 Å². The van der Waals surface area contributed by atoms with Gasteiger partial charge >= 0.3 is 0 Å². The molecule has 1 aromatic carbocycles. The summed E-state index contributed by atoms with van der Waals surface area (Å²) in [6, 6.07) is 8.53. The molecule has 0 N–H and O–H groups in total. The van der Waals surface area contributed by atoms with Crippen LogP contribution < -0.4 is 0 Å². The molecule has 0 atom stereocenters. The number of ether oxygens (including phenoxy) is 1. The smallest absolute Gasteiger partial charge is 0.268 e. The molecule has 0 aliphatic carbocycles. The van der Waals surface area contributed by atoms with Crippen LogP contribution in [0.5, 0.6) is 0 Å². The molecule has 0 amide bonds. The molecule has 3 heterocycles. The standard InChI is InChI=1S/C19H20ClN3O4S2/c20-16-7-6-15(29(24,25)23-8-2-1-3-9-23)11-14(16)12-26-13-18-21-19(27-22-18)17-5-4-10-28-17/h4-7,10-11H,1-3,8-9,12-13H2. The maximum Gasteiger partial charge on any atom is 0.268 e. The lowest BCUT2D eigenvalue weighted by atomic mass is 10.2. The average Bonchev–Trinajstić information content (AvgIpc) is 3.42. The highest BCUT2D eigenvalue weighted by Gasteiger charge is 2.26. The Bertz CT molecular complexity index is 1060. The first kappa shape index (κ1) is 20.5. The van der Waals surface area contributed by atoms with Crippen molar-refractivity contribution in [3.05, 3.63) is 52.1 Å². The van der Waals surface area contributed by atoms with E-state index in [-0.39, 0.29) is 18.1 Å². The van der Waals surface area contributed by atoms with E-state index in [0.717, 1.165) is 24.1 Å². The van der Waals surface area contributed by atoms with Gasteiger partial charge in [0.25, 0.3) is 5.89 Å². The fourth-order valence-corrected chi connectivity index (χ4v) is 5.53. The largest absolute Gasteiger partial charge is 0.369 e. The number of hydrogen-bond acceptors (Lipinski definition) is 7. The average molecular weight is 454 g/mol. The van der Waals surface area contributed by atoms with Gasteiger partial charge < -0.3 is 9.26 Å². The second-order valence-electron chi connectivity index (χ2n) is 6.70. The lowest BCUT2D eigenvalue weighted by Crippen LogP contribution is -2.35. The van der Waals surface area contributed by atoms with Gasteiger partial charge in [0.1, 0.15) is 6.61 Å². The summed E-state index contributed by atoms with van der Waals surface area (Å²) in [5.74, 6) is 0.868. The number of hydrogen-bond donors (Lipinski definition) is 0. The molecule has 10 heteroatoms. The maximum absolute atomic E-state index is 12.9. The molecule has 0 unspecified atom stereocenters. The zero-order chi connectivity index (χ0) is 20.3. The normalized spacial score (nSPS) is 15.6. The van der Waals surface area contributed by atoms with Gasteiger partial charge in [0.2, 0.25) is 10.0 Å². The summed E-state index contributed by atoms with van der Waals surface area (Å²) in [7, 11) is -3.52. The molecule has 7 nitrogen and oxygen atoms in total. The van der Waals surface area contributed by atoms with Crippen molar-refractivity contribution in [3.63, 3.8) is 0 Å². The Morgan fingerprint density at radius 3 is 2.76 bits per heavy atom. The van der Waals surface area contributed by atoms with Crippen molar-refractivity contribution in [2.24, 2.45) is 0 Å². The first-order valence-corrected chi connectivity index (χ1v) is 12.0. The van der Waals surface area contributed by atoms with Gasteiger partial charge in [-0.15, -0.1) is 11.3 Å². The van der Waals surface area contributed by atoms with E-state index in [1.807, 2.05) is 17.5 Å². The van der Waals surface area contributed by atoms with Crippen molar-refractivity contribution in [1.82, 2.24) is 14.4 Å². The van der Waals surface area contributed by atoms with E-state index >= 15 is 0 Å². The van der Waals surface area contributed by atoms with Crippen LogP contribution >= 0.6 is 22.9 Å². The van der Waals surface area contributed by atoms with Crippen molar-refractivity contribution in [1.29, 1.82) is 0 Å². The Hall–Kier alpha value is -1.78. The van der Waals surface area contributed by atoms with Gasteiger partial charge in [-0.05, 0) is 48.1 Å². The highest BCUT2D eigenvalue weighted by molar-refractivity contribution is 7.89. The number of rotatable bonds is 7. The number of benzene rings is 1. The van der Waals surface area contributed by atoms with E-state index < -0.39 is 10.0 Å². The summed E-state index contributed by atoms with van der Waals surface area (Å²) in [5.41, 5.74) is 0.603. The van der Waals surface area contributed by atoms with E-state index in [2.05, 4.69) is 10.1 Å². The van der Waals surface area contributed by atoms with Crippen LogP contribution in [0.15, 0.2) is 45.1 Å². The monoisotopic (exact) mass is 453 g/mol. The number of thiophene rings is 1. The van der Waals surface area contributed by atoms with Crippen LogP contribution in [0, 0.1) is 0 Å². The molecule has 0 saturated carbocycles. The summed E-state index contributed by atoms with van der Waals surface area (Å²) >= 11 is 7.76. The Morgan fingerprint density at radius 2 is 2.00 bits per heavy atom. The van der Waals surface area contributed by atoms with E-state index in [0.29, 0.717) is 35.4 Å². The zero-order valence-corrected chi connectivity index (χ0v) is 18.0. The van der Waals surface area contributed by atoms with Crippen molar-refractivity contribution >= 4 is 33.0 Å². The SMILES string of the molecule is O=S(=O)(c1ccc(Cl)c(COCc2noc(-c3cccs3)n2)c1)N1CCCCC1. The van der Waals surface area contributed by atoms with Gasteiger partial charge in [-0.2, -0.15) is 9.29 Å². The molecule has 1 fully saturated rings. The summed E-state index contributed by atoms with van der Waals surface area (Å²) in [5, 5.41) is 6.29. The van der Waals surface area contributed by atoms with E-state index in [4.69, 9.17) is 20.9 Å². The maximum atomic E-state index is 12.9. The van der Waals surface area contributed by atoms with Crippen molar-refractivity contribution in [3.8, 4) is 10.8 Å². The molecular formula is C19H20ClN3O4S2. The van der Waals surface area contributed by atoms with Gasteiger partial charge in [-0.25, -0.2) is 8.42 Å². The number of halogens is 1. The van der Waals surface area contributed by atoms with Crippen LogP contribution in [0.2, 0.25) is 5.02 Å². The van der Waals surface area contributed by atoms with Gasteiger partial charge in [0, 0.05) is 18.1 Å². The van der Waals surface area contributed by atoms with Gasteiger partial charge in [-0.1, -0.05) is 29.2 Å². The van der Waals surface area contributed by atoms with Crippen LogP contribution in [0.3, 0.4) is 0 Å². The van der Waals surface area contributed by atoms with E-state index in [9.17, 15) is 8.42 Å². The first-order chi connectivity index (χ1) is 14.0. The van der Waals surface area contributed by atoms with E-state index in [1.165, 1.54) is 15.6 Å². The van der Waals surface area contributed by atoms with Crippen LogP contribution in [-0.4, -0.2) is 36.0 Å². The van der Waals surface area contributed by atoms with Gasteiger partial charge in [0.15, 0.2) is 5.82 Å². The molecule has 154 valence electrons. The molecule has 0 radical (unpaired) electrons. The number of aromatic nitrogens is 2. The molecule has 1 aliphatic heterocycles. The quantitative estimate of drug-likeness (QED) is 0.528. The number of sulfonamides is 1. The van der Waals surface area contributed by atoms with Crippen LogP contribution in [0.4, 0.5) is 0 Å². The Kier molecular flexibility index (Phi) is 6.31. The number of piperidine rings is 1. The van der Waals surface area contributed by atoms with E-state index in [1.54, 1.807) is 18.2 Å². The predicted molar refractivity (Wildman–Crippen MR) is 110 cm³/mol. The fourth-order valence-electron chi connectivity index (χ4n) is 3.14. The fraction of sp³-hybridized carbons (Fsp3) is 0.368. The topological polar surface area (TPSA) is 85.5 Å². The summed E-state index contributed by atoms with van der Waals surface area (Å²) in [6.45, 7) is 1.39. The number of nitrogens with zero attached hydrogens (tertiary/aromatic N) is 3. The first-order valence-electron chi connectivity index (χ1n) is 9.27. The zero-order valence-electron chi connectivity index (χ0n) is 15.6. The van der Waals surface area contributed by atoms with Gasteiger partial charge in [-0.3, -0.25) is 0 Å². The predicted octanol–water partition coefficient (Wildman–Crippen LogP) is 4.34. The molecule has 4 rings (SSSR count). The van der Waals surface area contributed by atoms with Gasteiger partial charge in [0.05, 0.1) is 16.4 Å². The third kappa shape index (κ3) is 4.70. The molecule has 29 heavy (non-hydrogen) atoms. The molecule has 1 aliphatic rings. The summed E-state index contributed by atoms with van der Waals surface area (Å²) < 4.78 is 38.2. The second kappa shape index (κ2) is 8.93.